The third-order valence-electron chi connectivity index (χ3n) is 2.87. The van der Waals surface area contributed by atoms with Crippen LogP contribution in [0.4, 0.5) is 0 Å². The van der Waals surface area contributed by atoms with Gasteiger partial charge in [-0.05, 0) is 18.2 Å². The van der Waals surface area contributed by atoms with Gasteiger partial charge in [0.15, 0.2) is 0 Å². The molecule has 0 aliphatic rings. The Hall–Kier alpha value is -1.74. The molecule has 3 aromatic rings. The summed E-state index contributed by atoms with van der Waals surface area (Å²) < 4.78 is 4.09. The first-order valence-corrected chi connectivity index (χ1v) is 5.93. The van der Waals surface area contributed by atoms with E-state index in [-0.39, 0.29) is 0 Å². The molecule has 2 heterocycles. The molecular weight excluding hydrogens is 234 g/mol. The third kappa shape index (κ3) is 1.94. The van der Waals surface area contributed by atoms with Gasteiger partial charge in [-0.1, -0.05) is 23.7 Å². The fourth-order valence-corrected chi connectivity index (χ4v) is 2.33. The van der Waals surface area contributed by atoms with Gasteiger partial charge in [0.2, 0.25) is 0 Å². The summed E-state index contributed by atoms with van der Waals surface area (Å²) in [5.74, 6) is 0. The number of para-hydroxylation sites is 1. The van der Waals surface area contributed by atoms with Crippen LogP contribution in [-0.4, -0.2) is 14.3 Å². The van der Waals surface area contributed by atoms with Crippen LogP contribution in [0.5, 0.6) is 0 Å². The highest BCUT2D eigenvalue weighted by Crippen LogP contribution is 2.24. The molecule has 17 heavy (non-hydrogen) atoms. The van der Waals surface area contributed by atoms with Crippen LogP contribution in [0.3, 0.4) is 0 Å². The molecular formula is C13H12ClN3. The number of hydrogen-bond donors (Lipinski definition) is 0. The van der Waals surface area contributed by atoms with Crippen molar-refractivity contribution in [2.24, 2.45) is 0 Å². The molecule has 0 unspecified atom stereocenters. The molecule has 3 nitrogen and oxygen atoms in total. The van der Waals surface area contributed by atoms with E-state index in [2.05, 4.69) is 28.0 Å². The minimum absolute atomic E-state index is 0.799. The molecule has 0 amide bonds. The maximum absolute atomic E-state index is 6.22. The average molecular weight is 246 g/mol. The van der Waals surface area contributed by atoms with E-state index in [1.165, 1.54) is 5.39 Å². The van der Waals surface area contributed by atoms with Crippen LogP contribution in [0.25, 0.3) is 10.9 Å². The van der Waals surface area contributed by atoms with Crippen LogP contribution in [0.1, 0.15) is 0 Å². The Kier molecular flexibility index (Phi) is 2.61. The van der Waals surface area contributed by atoms with E-state index in [0.717, 1.165) is 23.6 Å². The normalized spacial score (nSPS) is 11.1. The summed E-state index contributed by atoms with van der Waals surface area (Å²) >= 11 is 6.22. The van der Waals surface area contributed by atoms with Gasteiger partial charge in [0.25, 0.3) is 0 Å². The smallest absolute Gasteiger partial charge is 0.0670 e. The van der Waals surface area contributed by atoms with Gasteiger partial charge in [0.1, 0.15) is 0 Å². The van der Waals surface area contributed by atoms with Gasteiger partial charge >= 0.3 is 0 Å². The van der Waals surface area contributed by atoms with Gasteiger partial charge in [0.05, 0.1) is 17.1 Å². The van der Waals surface area contributed by atoms with Gasteiger partial charge < -0.3 is 4.57 Å². The average Bonchev–Trinajstić information content (AvgIpc) is 2.95. The second-order valence-corrected chi connectivity index (χ2v) is 4.36. The Morgan fingerprint density at radius 3 is 2.82 bits per heavy atom. The van der Waals surface area contributed by atoms with E-state index in [9.17, 15) is 0 Å². The number of halogens is 1. The molecule has 2 aromatic heterocycles. The number of rotatable bonds is 3. The maximum Gasteiger partial charge on any atom is 0.0670 e. The summed E-state index contributed by atoms with van der Waals surface area (Å²) in [5, 5.41) is 6.17. The predicted molar refractivity (Wildman–Crippen MR) is 69.2 cm³/mol. The molecule has 0 saturated carbocycles. The lowest BCUT2D eigenvalue weighted by Gasteiger charge is -2.06. The summed E-state index contributed by atoms with van der Waals surface area (Å²) in [6.07, 6.45) is 5.83. The fourth-order valence-electron chi connectivity index (χ4n) is 2.04. The summed E-state index contributed by atoms with van der Waals surface area (Å²) in [7, 11) is 0. The molecule has 4 heteroatoms. The van der Waals surface area contributed by atoms with Crippen molar-refractivity contribution in [3.63, 3.8) is 0 Å². The van der Waals surface area contributed by atoms with Crippen molar-refractivity contribution in [3.05, 3.63) is 53.9 Å². The number of nitrogens with zero attached hydrogens (tertiary/aromatic N) is 3. The monoisotopic (exact) mass is 245 g/mol. The van der Waals surface area contributed by atoms with Crippen molar-refractivity contribution in [1.82, 2.24) is 14.3 Å². The van der Waals surface area contributed by atoms with Gasteiger partial charge in [-0.2, -0.15) is 5.10 Å². The van der Waals surface area contributed by atoms with Crippen LogP contribution in [0.2, 0.25) is 5.02 Å². The topological polar surface area (TPSA) is 22.8 Å². The molecule has 0 N–H and O–H groups in total. The Morgan fingerprint density at radius 1 is 1.06 bits per heavy atom. The van der Waals surface area contributed by atoms with E-state index in [1.807, 2.05) is 29.1 Å². The van der Waals surface area contributed by atoms with E-state index >= 15 is 0 Å². The number of fused-ring (bicyclic) bond motifs is 1. The minimum Gasteiger partial charge on any atom is -0.344 e. The zero-order valence-electron chi connectivity index (χ0n) is 9.25. The first-order chi connectivity index (χ1) is 8.34. The lowest BCUT2D eigenvalue weighted by molar-refractivity contribution is 0.543. The van der Waals surface area contributed by atoms with Crippen molar-refractivity contribution in [1.29, 1.82) is 0 Å². The van der Waals surface area contributed by atoms with Gasteiger partial charge in [0, 0.05) is 30.5 Å². The molecule has 3 rings (SSSR count). The first kappa shape index (κ1) is 10.4. The SMILES string of the molecule is Clc1cccc2ccn(CCn3cccn3)c12. The van der Waals surface area contributed by atoms with Crippen molar-refractivity contribution in [3.8, 4) is 0 Å². The van der Waals surface area contributed by atoms with Crippen LogP contribution >= 0.6 is 11.6 Å². The van der Waals surface area contributed by atoms with Crippen LogP contribution in [-0.2, 0) is 13.1 Å². The van der Waals surface area contributed by atoms with Crippen molar-refractivity contribution >= 4 is 22.5 Å². The van der Waals surface area contributed by atoms with E-state index in [0.29, 0.717) is 0 Å². The number of hydrogen-bond acceptors (Lipinski definition) is 1. The number of benzene rings is 1. The van der Waals surface area contributed by atoms with Crippen LogP contribution < -0.4 is 0 Å². The molecule has 0 spiro atoms. The molecule has 0 aliphatic carbocycles. The molecule has 0 radical (unpaired) electrons. The van der Waals surface area contributed by atoms with Gasteiger partial charge in [-0.3, -0.25) is 4.68 Å². The quantitative estimate of drug-likeness (QED) is 0.695. The summed E-state index contributed by atoms with van der Waals surface area (Å²) in [6, 6.07) is 9.99. The fraction of sp³-hybridized carbons (Fsp3) is 0.154. The lowest BCUT2D eigenvalue weighted by atomic mass is 10.2. The molecule has 0 bridgehead atoms. The molecule has 0 aliphatic heterocycles. The second-order valence-electron chi connectivity index (χ2n) is 3.96. The molecule has 1 aromatic carbocycles. The maximum atomic E-state index is 6.22. The number of aryl methyl sites for hydroxylation is 2. The standard InChI is InChI=1S/C13H12ClN3/c14-12-4-1-3-11-5-8-16(13(11)12)9-10-17-7-2-6-15-17/h1-8H,9-10H2. The lowest BCUT2D eigenvalue weighted by Crippen LogP contribution is -2.06. The highest BCUT2D eigenvalue weighted by Gasteiger charge is 2.04. The molecule has 86 valence electrons. The second kappa shape index (κ2) is 4.26. The van der Waals surface area contributed by atoms with E-state index in [4.69, 9.17) is 11.6 Å². The van der Waals surface area contributed by atoms with Crippen molar-refractivity contribution in [2.75, 3.05) is 0 Å². The highest BCUT2D eigenvalue weighted by atomic mass is 35.5. The van der Waals surface area contributed by atoms with Crippen LogP contribution in [0, 0.1) is 0 Å². The Bertz CT molecular complexity index is 625. The molecule has 0 fully saturated rings. The van der Waals surface area contributed by atoms with Gasteiger partial charge in [-0.15, -0.1) is 0 Å². The van der Waals surface area contributed by atoms with Crippen molar-refractivity contribution < 1.29 is 0 Å². The van der Waals surface area contributed by atoms with Crippen molar-refractivity contribution in [2.45, 2.75) is 13.1 Å². The first-order valence-electron chi connectivity index (χ1n) is 5.55. The molecule has 0 atom stereocenters. The highest BCUT2D eigenvalue weighted by molar-refractivity contribution is 6.35. The Morgan fingerprint density at radius 2 is 2.00 bits per heavy atom. The van der Waals surface area contributed by atoms with Gasteiger partial charge in [-0.25, -0.2) is 0 Å². The molecule has 0 saturated heterocycles. The summed E-state index contributed by atoms with van der Waals surface area (Å²) in [4.78, 5) is 0. The zero-order valence-corrected chi connectivity index (χ0v) is 10.0. The van der Waals surface area contributed by atoms with E-state index in [1.54, 1.807) is 6.20 Å². The Balaban J connectivity index is 1.90. The van der Waals surface area contributed by atoms with Crippen LogP contribution in [0.15, 0.2) is 48.9 Å². The number of aromatic nitrogens is 3. The zero-order chi connectivity index (χ0) is 11.7. The summed E-state index contributed by atoms with van der Waals surface area (Å²) in [6.45, 7) is 1.72. The predicted octanol–water partition coefficient (Wildman–Crippen LogP) is 3.19. The summed E-state index contributed by atoms with van der Waals surface area (Å²) in [5.41, 5.74) is 1.10. The van der Waals surface area contributed by atoms with E-state index < -0.39 is 0 Å². The third-order valence-corrected chi connectivity index (χ3v) is 3.17. The Labute approximate surface area is 104 Å². The largest absolute Gasteiger partial charge is 0.344 e. The minimum atomic E-state index is 0.799.